The summed E-state index contributed by atoms with van der Waals surface area (Å²) >= 11 is 0. The molecule has 0 aliphatic heterocycles. The molecule has 20 heavy (non-hydrogen) atoms. The molecule has 2 N–H and O–H groups in total. The van der Waals surface area contributed by atoms with Crippen molar-refractivity contribution in [1.29, 1.82) is 0 Å². The molecule has 1 aliphatic carbocycles. The van der Waals surface area contributed by atoms with Crippen LogP contribution in [0, 0.1) is 0 Å². The number of hydrogen-bond donors (Lipinski definition) is 1. The molecule has 0 radical (unpaired) electrons. The lowest BCUT2D eigenvalue weighted by Gasteiger charge is -2.19. The van der Waals surface area contributed by atoms with Gasteiger partial charge in [0.25, 0.3) is 0 Å². The molecule has 1 aromatic heterocycles. The van der Waals surface area contributed by atoms with Gasteiger partial charge in [0.2, 0.25) is 0 Å². The Balaban J connectivity index is 1.96. The third-order valence-electron chi connectivity index (χ3n) is 3.76. The number of rotatable bonds is 2. The monoisotopic (exact) mass is 271 g/mol. The van der Waals surface area contributed by atoms with Crippen LogP contribution in [0.25, 0.3) is 5.69 Å². The van der Waals surface area contributed by atoms with Crippen LogP contribution in [0.4, 0.5) is 0 Å². The molecule has 104 valence electrons. The molecule has 1 aliphatic rings. The SMILES string of the molecule is COC(=O)c1ccc(-n2ncc3c2CCCC3N)cc1. The van der Waals surface area contributed by atoms with E-state index in [9.17, 15) is 4.79 Å². The van der Waals surface area contributed by atoms with Crippen LogP contribution in [0.2, 0.25) is 0 Å². The summed E-state index contributed by atoms with van der Waals surface area (Å²) < 4.78 is 6.61. The normalized spacial score (nSPS) is 17.6. The predicted molar refractivity (Wildman–Crippen MR) is 74.8 cm³/mol. The summed E-state index contributed by atoms with van der Waals surface area (Å²) in [5.41, 5.74) is 9.89. The van der Waals surface area contributed by atoms with Crippen LogP contribution in [-0.2, 0) is 11.2 Å². The van der Waals surface area contributed by atoms with Crippen molar-refractivity contribution in [2.24, 2.45) is 5.73 Å². The molecule has 0 fully saturated rings. The van der Waals surface area contributed by atoms with Gasteiger partial charge >= 0.3 is 5.97 Å². The van der Waals surface area contributed by atoms with Gasteiger partial charge in [-0.1, -0.05) is 0 Å². The second-order valence-electron chi connectivity index (χ2n) is 5.00. The molecule has 1 unspecified atom stereocenters. The highest BCUT2D eigenvalue weighted by atomic mass is 16.5. The molecule has 2 aromatic rings. The minimum absolute atomic E-state index is 0.0850. The molecular formula is C15H17N3O2. The average Bonchev–Trinajstić information content (AvgIpc) is 2.92. The number of ether oxygens (including phenoxy) is 1. The first-order valence-electron chi connectivity index (χ1n) is 6.72. The Bertz CT molecular complexity index is 631. The Morgan fingerprint density at radius 3 is 2.85 bits per heavy atom. The number of hydrogen-bond acceptors (Lipinski definition) is 4. The maximum atomic E-state index is 11.4. The summed E-state index contributed by atoms with van der Waals surface area (Å²) in [4.78, 5) is 11.4. The lowest BCUT2D eigenvalue weighted by atomic mass is 9.94. The first kappa shape index (κ1) is 12.9. The van der Waals surface area contributed by atoms with Crippen LogP contribution in [-0.4, -0.2) is 22.9 Å². The number of benzene rings is 1. The van der Waals surface area contributed by atoms with E-state index in [-0.39, 0.29) is 12.0 Å². The van der Waals surface area contributed by atoms with Gasteiger partial charge in [0.1, 0.15) is 0 Å². The van der Waals surface area contributed by atoms with E-state index in [1.54, 1.807) is 12.1 Å². The van der Waals surface area contributed by atoms with Gasteiger partial charge < -0.3 is 10.5 Å². The highest BCUT2D eigenvalue weighted by Crippen LogP contribution is 2.29. The molecule has 0 saturated carbocycles. The Morgan fingerprint density at radius 1 is 1.40 bits per heavy atom. The van der Waals surface area contributed by atoms with Crippen LogP contribution in [0.1, 0.15) is 40.5 Å². The van der Waals surface area contributed by atoms with Crippen LogP contribution in [0.5, 0.6) is 0 Å². The van der Waals surface area contributed by atoms with Crippen LogP contribution >= 0.6 is 0 Å². The zero-order valence-corrected chi connectivity index (χ0v) is 11.4. The summed E-state index contributed by atoms with van der Waals surface area (Å²) in [6.45, 7) is 0. The van der Waals surface area contributed by atoms with Crippen LogP contribution in [0.15, 0.2) is 30.5 Å². The van der Waals surface area contributed by atoms with E-state index < -0.39 is 0 Å². The van der Waals surface area contributed by atoms with E-state index >= 15 is 0 Å². The number of nitrogens with zero attached hydrogens (tertiary/aromatic N) is 2. The van der Waals surface area contributed by atoms with Gasteiger partial charge in [0.15, 0.2) is 0 Å². The first-order chi connectivity index (χ1) is 9.70. The van der Waals surface area contributed by atoms with Gasteiger partial charge in [-0.2, -0.15) is 5.10 Å². The molecule has 1 heterocycles. The van der Waals surface area contributed by atoms with Crippen LogP contribution < -0.4 is 5.73 Å². The van der Waals surface area contributed by atoms with E-state index in [1.165, 1.54) is 12.8 Å². The summed E-state index contributed by atoms with van der Waals surface area (Å²) in [6, 6.07) is 7.33. The third kappa shape index (κ3) is 2.10. The smallest absolute Gasteiger partial charge is 0.337 e. The lowest BCUT2D eigenvalue weighted by Crippen LogP contribution is -2.18. The average molecular weight is 271 g/mol. The first-order valence-corrected chi connectivity index (χ1v) is 6.72. The summed E-state index contributed by atoms with van der Waals surface area (Å²) in [5, 5.41) is 4.43. The van der Waals surface area contributed by atoms with E-state index in [1.807, 2.05) is 23.0 Å². The maximum Gasteiger partial charge on any atom is 0.337 e. The van der Waals surface area contributed by atoms with Crippen molar-refractivity contribution in [3.05, 3.63) is 47.3 Å². The number of carbonyl (C=O) groups excluding carboxylic acids is 1. The van der Waals surface area contributed by atoms with Crippen molar-refractivity contribution < 1.29 is 9.53 Å². The summed E-state index contributed by atoms with van der Waals surface area (Å²) in [6.07, 6.45) is 4.94. The van der Waals surface area contributed by atoms with Crippen molar-refractivity contribution in [2.75, 3.05) is 7.11 Å². The molecule has 1 aromatic carbocycles. The van der Waals surface area contributed by atoms with E-state index in [0.29, 0.717) is 5.56 Å². The van der Waals surface area contributed by atoms with Crippen LogP contribution in [0.3, 0.4) is 0 Å². The molecule has 5 nitrogen and oxygen atoms in total. The van der Waals surface area contributed by atoms with Gasteiger partial charge in [-0.15, -0.1) is 0 Å². The van der Waals surface area contributed by atoms with Crippen molar-refractivity contribution in [3.8, 4) is 5.69 Å². The molecule has 0 saturated heterocycles. The van der Waals surface area contributed by atoms with Gasteiger partial charge in [-0.05, 0) is 43.5 Å². The number of fused-ring (bicyclic) bond motifs is 1. The van der Waals surface area contributed by atoms with Crippen molar-refractivity contribution in [1.82, 2.24) is 9.78 Å². The molecule has 1 atom stereocenters. The molecule has 0 bridgehead atoms. The highest BCUT2D eigenvalue weighted by Gasteiger charge is 2.21. The van der Waals surface area contributed by atoms with Crippen molar-refractivity contribution in [3.63, 3.8) is 0 Å². The van der Waals surface area contributed by atoms with E-state index in [2.05, 4.69) is 5.10 Å². The van der Waals surface area contributed by atoms with Gasteiger partial charge in [-0.3, -0.25) is 0 Å². The Labute approximate surface area is 117 Å². The number of aromatic nitrogens is 2. The number of carbonyl (C=O) groups is 1. The van der Waals surface area contributed by atoms with Crippen molar-refractivity contribution >= 4 is 5.97 Å². The minimum Gasteiger partial charge on any atom is -0.465 e. The largest absolute Gasteiger partial charge is 0.465 e. The van der Waals surface area contributed by atoms with Gasteiger partial charge in [0, 0.05) is 17.3 Å². The van der Waals surface area contributed by atoms with E-state index in [4.69, 9.17) is 10.5 Å². The Hall–Kier alpha value is -2.14. The Morgan fingerprint density at radius 2 is 2.15 bits per heavy atom. The second-order valence-corrected chi connectivity index (χ2v) is 5.00. The minimum atomic E-state index is -0.332. The lowest BCUT2D eigenvalue weighted by molar-refractivity contribution is 0.0601. The fourth-order valence-electron chi connectivity index (χ4n) is 2.67. The van der Waals surface area contributed by atoms with E-state index in [0.717, 1.165) is 30.5 Å². The number of esters is 1. The molecule has 0 amide bonds. The molecule has 5 heteroatoms. The number of nitrogens with two attached hydrogens (primary N) is 1. The molecule has 3 rings (SSSR count). The quantitative estimate of drug-likeness (QED) is 0.848. The maximum absolute atomic E-state index is 11.4. The zero-order valence-electron chi connectivity index (χ0n) is 11.4. The van der Waals surface area contributed by atoms with Gasteiger partial charge in [-0.25, -0.2) is 9.48 Å². The van der Waals surface area contributed by atoms with Gasteiger partial charge in [0.05, 0.1) is 24.6 Å². The molecule has 0 spiro atoms. The highest BCUT2D eigenvalue weighted by molar-refractivity contribution is 5.89. The topological polar surface area (TPSA) is 70.1 Å². The standard InChI is InChI=1S/C15H17N3O2/c1-20-15(19)10-5-7-11(8-6-10)18-14-4-2-3-13(16)12(14)9-17-18/h5-9,13H,2-4,16H2,1H3. The second kappa shape index (κ2) is 5.09. The predicted octanol–water partition coefficient (Wildman–Crippen LogP) is 1.99. The Kier molecular flexibility index (Phi) is 3.28. The third-order valence-corrected chi connectivity index (χ3v) is 3.76. The molecular weight excluding hydrogens is 254 g/mol. The summed E-state index contributed by atoms with van der Waals surface area (Å²) in [5.74, 6) is -0.332. The number of methoxy groups -OCH3 is 1. The zero-order chi connectivity index (χ0) is 14.1. The van der Waals surface area contributed by atoms with Crippen molar-refractivity contribution in [2.45, 2.75) is 25.3 Å². The fourth-order valence-corrected chi connectivity index (χ4v) is 2.67. The summed E-state index contributed by atoms with van der Waals surface area (Å²) in [7, 11) is 1.38. The fraction of sp³-hybridized carbons (Fsp3) is 0.333.